The van der Waals surface area contributed by atoms with Gasteiger partial charge in [0.25, 0.3) is 0 Å². The molecule has 2 aromatic carbocycles. The van der Waals surface area contributed by atoms with Crippen molar-refractivity contribution in [3.63, 3.8) is 0 Å². The Morgan fingerprint density at radius 1 is 0.889 bits per heavy atom. The Kier molecular flexibility index (Phi) is 4.84. The molecule has 4 rings (SSSR count). The number of para-hydroxylation sites is 2. The van der Waals surface area contributed by atoms with Gasteiger partial charge in [0.15, 0.2) is 0 Å². The van der Waals surface area contributed by atoms with Crippen molar-refractivity contribution in [3.8, 4) is 11.5 Å². The largest absolute Gasteiger partial charge is 0.442 e. The molecule has 1 heterocycles. The molecular formula is C20H16NO4PS. The number of fused-ring (bicyclic) bond motifs is 1. The number of hydrogen-bond donors (Lipinski definition) is 1. The number of rotatable bonds is 5. The molecule has 0 saturated carbocycles. The van der Waals surface area contributed by atoms with Gasteiger partial charge in [-0.1, -0.05) is 66.0 Å². The van der Waals surface area contributed by atoms with E-state index in [1.807, 2.05) is 12.1 Å². The van der Waals surface area contributed by atoms with Crippen LogP contribution >= 0.6 is 18.9 Å². The quantitative estimate of drug-likeness (QED) is 0.585. The summed E-state index contributed by atoms with van der Waals surface area (Å²) in [5.74, 6) is 0.874. The van der Waals surface area contributed by atoms with Crippen molar-refractivity contribution in [2.45, 2.75) is 5.66 Å². The Hall–Kier alpha value is -2.82. The summed E-state index contributed by atoms with van der Waals surface area (Å²) in [7, 11) is -3.76. The van der Waals surface area contributed by atoms with E-state index in [-0.39, 0.29) is 4.87 Å². The second-order valence-electron chi connectivity index (χ2n) is 5.83. The zero-order valence-corrected chi connectivity index (χ0v) is 15.9. The first-order valence-electron chi connectivity index (χ1n) is 8.31. The van der Waals surface area contributed by atoms with E-state index >= 15 is 0 Å². The van der Waals surface area contributed by atoms with Crippen molar-refractivity contribution in [2.75, 3.05) is 0 Å². The Bertz CT molecular complexity index is 1040. The van der Waals surface area contributed by atoms with Gasteiger partial charge in [-0.25, -0.2) is 4.57 Å². The highest BCUT2D eigenvalue weighted by atomic mass is 32.1. The van der Waals surface area contributed by atoms with Gasteiger partial charge < -0.3 is 14.0 Å². The number of aromatic amines is 1. The summed E-state index contributed by atoms with van der Waals surface area (Å²) < 4.78 is 25.8. The van der Waals surface area contributed by atoms with Crippen LogP contribution in [0, 0.1) is 0 Å². The molecule has 5 nitrogen and oxygen atoms in total. The molecular weight excluding hydrogens is 381 g/mol. The molecule has 0 amide bonds. The van der Waals surface area contributed by atoms with Gasteiger partial charge in [-0.3, -0.25) is 4.79 Å². The highest BCUT2D eigenvalue weighted by Gasteiger charge is 2.41. The fourth-order valence-electron chi connectivity index (χ4n) is 2.74. The fourth-order valence-corrected chi connectivity index (χ4v) is 5.91. The van der Waals surface area contributed by atoms with Gasteiger partial charge in [-0.15, -0.1) is 0 Å². The Morgan fingerprint density at radius 2 is 1.48 bits per heavy atom. The molecule has 1 atom stereocenters. The van der Waals surface area contributed by atoms with Crippen molar-refractivity contribution >= 4 is 25.0 Å². The second kappa shape index (κ2) is 7.43. The molecule has 0 spiro atoms. The van der Waals surface area contributed by atoms with Crippen LogP contribution in [0.4, 0.5) is 0 Å². The summed E-state index contributed by atoms with van der Waals surface area (Å²) in [6.45, 7) is 0. The molecule has 1 aromatic heterocycles. The number of aromatic nitrogens is 1. The van der Waals surface area contributed by atoms with E-state index in [1.165, 1.54) is 0 Å². The second-order valence-corrected chi connectivity index (χ2v) is 8.85. The molecule has 7 heteroatoms. The average molecular weight is 397 g/mol. The van der Waals surface area contributed by atoms with E-state index in [9.17, 15) is 9.36 Å². The van der Waals surface area contributed by atoms with Gasteiger partial charge in [-0.2, -0.15) is 0 Å². The number of allylic oxidation sites excluding steroid dienone is 3. The SMILES string of the molecule is O=c1[nH]c2c(s1)C(P(=O)(Oc1ccccc1)Oc1ccccc1)C=CC=C2. The molecule has 1 aliphatic carbocycles. The minimum atomic E-state index is -3.76. The normalized spacial score (nSPS) is 15.8. The summed E-state index contributed by atoms with van der Waals surface area (Å²) in [5.41, 5.74) is -0.0968. The van der Waals surface area contributed by atoms with Gasteiger partial charge in [0.05, 0.1) is 10.6 Å². The van der Waals surface area contributed by atoms with E-state index in [2.05, 4.69) is 4.98 Å². The Labute approximate surface area is 160 Å². The van der Waals surface area contributed by atoms with E-state index in [0.717, 1.165) is 11.3 Å². The van der Waals surface area contributed by atoms with Crippen LogP contribution < -0.4 is 13.9 Å². The van der Waals surface area contributed by atoms with Crippen LogP contribution in [0.5, 0.6) is 11.5 Å². The number of thiazole rings is 1. The zero-order valence-electron chi connectivity index (χ0n) is 14.1. The van der Waals surface area contributed by atoms with Crippen molar-refractivity contribution in [2.24, 2.45) is 0 Å². The first-order chi connectivity index (χ1) is 13.1. The number of hydrogen-bond acceptors (Lipinski definition) is 5. The first-order valence-corrected chi connectivity index (χ1v) is 10.7. The van der Waals surface area contributed by atoms with E-state index in [4.69, 9.17) is 9.05 Å². The monoisotopic (exact) mass is 397 g/mol. The summed E-state index contributed by atoms with van der Waals surface area (Å²) in [5, 5.41) is 0. The van der Waals surface area contributed by atoms with Crippen molar-refractivity contribution in [1.82, 2.24) is 4.98 Å². The van der Waals surface area contributed by atoms with Gasteiger partial charge in [0, 0.05) is 0 Å². The summed E-state index contributed by atoms with van der Waals surface area (Å²) >= 11 is 1.01. The minimum absolute atomic E-state index is 0.212. The third-order valence-electron chi connectivity index (χ3n) is 3.93. The molecule has 0 saturated heterocycles. The summed E-state index contributed by atoms with van der Waals surface area (Å²) in [6, 6.07) is 17.8. The maximum absolute atomic E-state index is 14.0. The van der Waals surface area contributed by atoms with Crippen LogP contribution in [0.15, 0.2) is 83.7 Å². The average Bonchev–Trinajstić information content (AvgIpc) is 2.91. The predicted octanol–water partition coefficient (Wildman–Crippen LogP) is 5.41. The molecule has 1 aliphatic rings. The highest BCUT2D eigenvalue weighted by Crippen LogP contribution is 2.62. The summed E-state index contributed by atoms with van der Waals surface area (Å²) in [6.07, 6.45) is 7.10. The van der Waals surface area contributed by atoms with Crippen molar-refractivity contribution in [3.05, 3.63) is 99.1 Å². The molecule has 0 aliphatic heterocycles. The maximum atomic E-state index is 14.0. The minimum Gasteiger partial charge on any atom is -0.415 e. The van der Waals surface area contributed by atoms with Crippen LogP contribution in [0.2, 0.25) is 0 Å². The Balaban J connectivity index is 1.80. The molecule has 0 radical (unpaired) electrons. The van der Waals surface area contributed by atoms with Crippen LogP contribution in [-0.2, 0) is 4.57 Å². The molecule has 27 heavy (non-hydrogen) atoms. The fraction of sp³-hybridized carbons (Fsp3) is 0.0500. The maximum Gasteiger partial charge on any atom is 0.442 e. The number of H-pyrrole nitrogens is 1. The van der Waals surface area contributed by atoms with E-state index in [0.29, 0.717) is 22.1 Å². The molecule has 0 bridgehead atoms. The van der Waals surface area contributed by atoms with Crippen LogP contribution in [0.3, 0.4) is 0 Å². The van der Waals surface area contributed by atoms with Crippen molar-refractivity contribution in [1.29, 1.82) is 0 Å². The first kappa shape index (κ1) is 17.6. The lowest BCUT2D eigenvalue weighted by Gasteiger charge is -2.25. The third kappa shape index (κ3) is 3.82. The van der Waals surface area contributed by atoms with Crippen LogP contribution in [0.25, 0.3) is 6.08 Å². The highest BCUT2D eigenvalue weighted by molar-refractivity contribution is 7.55. The Morgan fingerprint density at radius 3 is 2.07 bits per heavy atom. The smallest absolute Gasteiger partial charge is 0.415 e. The topological polar surface area (TPSA) is 68.4 Å². The van der Waals surface area contributed by atoms with Gasteiger partial charge >= 0.3 is 12.5 Å². The zero-order chi connectivity index (χ0) is 18.7. The lowest BCUT2D eigenvalue weighted by molar-refractivity contribution is 0.379. The molecule has 1 unspecified atom stereocenters. The molecule has 3 aromatic rings. The van der Waals surface area contributed by atoms with Crippen molar-refractivity contribution < 1.29 is 13.6 Å². The van der Waals surface area contributed by atoms with E-state index < -0.39 is 13.3 Å². The van der Waals surface area contributed by atoms with E-state index in [1.54, 1.807) is 72.8 Å². The number of benzene rings is 2. The third-order valence-corrected chi connectivity index (χ3v) is 7.13. The van der Waals surface area contributed by atoms with Crippen LogP contribution in [-0.4, -0.2) is 4.98 Å². The standard InChI is InChI=1S/C20H16NO4PS/c22-20-21-17-13-7-8-14-18(19(17)27-20)26(23,24-15-9-3-1-4-10-15)25-16-11-5-2-6-12-16/h1-14,18H,(H,21,22). The molecule has 1 N–H and O–H groups in total. The molecule has 136 valence electrons. The van der Waals surface area contributed by atoms with Gasteiger partial charge in [0.2, 0.25) is 0 Å². The predicted molar refractivity (Wildman–Crippen MR) is 108 cm³/mol. The lowest BCUT2D eigenvalue weighted by atomic mass is 10.3. The van der Waals surface area contributed by atoms with Gasteiger partial charge in [-0.05, 0) is 30.3 Å². The van der Waals surface area contributed by atoms with Crippen LogP contribution in [0.1, 0.15) is 16.2 Å². The molecule has 0 fully saturated rings. The number of nitrogens with one attached hydrogen (secondary N) is 1. The lowest BCUT2D eigenvalue weighted by Crippen LogP contribution is -2.09. The van der Waals surface area contributed by atoms with Gasteiger partial charge in [0.1, 0.15) is 17.2 Å². The summed E-state index contributed by atoms with van der Waals surface area (Å²) in [4.78, 5) is 15.1.